The lowest BCUT2D eigenvalue weighted by Crippen LogP contribution is -2.05. The van der Waals surface area contributed by atoms with E-state index in [9.17, 15) is 0 Å². The maximum Gasteiger partial charge on any atom is 0.0747 e. The second-order valence-electron chi connectivity index (χ2n) is 3.91. The fourth-order valence-electron chi connectivity index (χ4n) is 1.72. The van der Waals surface area contributed by atoms with Gasteiger partial charge in [-0.1, -0.05) is 35.9 Å². The second-order valence-corrected chi connectivity index (χ2v) is 4.32. The number of anilines is 1. The van der Waals surface area contributed by atoms with Crippen LogP contribution >= 0.6 is 11.6 Å². The van der Waals surface area contributed by atoms with E-state index in [-0.39, 0.29) is 0 Å². The summed E-state index contributed by atoms with van der Waals surface area (Å²) in [6.45, 7) is 0. The third kappa shape index (κ3) is 3.11. The van der Waals surface area contributed by atoms with Crippen LogP contribution in [0.25, 0.3) is 0 Å². The van der Waals surface area contributed by atoms with Gasteiger partial charge in [-0.15, -0.1) is 0 Å². The maximum absolute atomic E-state index is 6.00. The predicted octanol–water partition coefficient (Wildman–Crippen LogP) is 4.09. The Hall–Kier alpha value is -1.28. The van der Waals surface area contributed by atoms with Gasteiger partial charge in [-0.05, 0) is 37.3 Å². The molecule has 1 aromatic carbocycles. The smallest absolute Gasteiger partial charge is 0.0747 e. The summed E-state index contributed by atoms with van der Waals surface area (Å²) >= 11 is 6.00. The molecule has 0 fully saturated rings. The Morgan fingerprint density at radius 2 is 2.19 bits per heavy atom. The van der Waals surface area contributed by atoms with Crippen LogP contribution in [0.3, 0.4) is 0 Å². The molecule has 1 aliphatic rings. The molecule has 1 aromatic rings. The Morgan fingerprint density at radius 3 is 2.94 bits per heavy atom. The Balaban J connectivity index is 1.89. The minimum absolute atomic E-state index is 0.556. The lowest BCUT2D eigenvalue weighted by Gasteiger charge is -2.12. The highest BCUT2D eigenvalue weighted by Gasteiger charge is 2.06. The first-order chi connectivity index (χ1) is 7.86. The predicted molar refractivity (Wildman–Crippen MR) is 70.0 cm³/mol. The summed E-state index contributed by atoms with van der Waals surface area (Å²) in [6, 6.07) is 7.61. The monoisotopic (exact) mass is 234 g/mol. The Bertz CT molecular complexity index is 399. The molecule has 0 amide bonds. The van der Waals surface area contributed by atoms with Crippen LogP contribution in [-0.2, 0) is 0 Å². The molecule has 0 saturated carbocycles. The van der Waals surface area contributed by atoms with Crippen molar-refractivity contribution < 1.29 is 0 Å². The van der Waals surface area contributed by atoms with Crippen molar-refractivity contribution in [3.05, 3.63) is 41.4 Å². The van der Waals surface area contributed by atoms with Crippen molar-refractivity contribution in [1.82, 2.24) is 0 Å². The van der Waals surface area contributed by atoms with Crippen molar-refractivity contribution in [2.24, 2.45) is 11.0 Å². The number of rotatable bonds is 3. The summed E-state index contributed by atoms with van der Waals surface area (Å²) in [5.74, 6) is 0.556. The molecule has 0 radical (unpaired) electrons. The van der Waals surface area contributed by atoms with E-state index in [0.29, 0.717) is 10.9 Å². The summed E-state index contributed by atoms with van der Waals surface area (Å²) in [5, 5.41) is 4.93. The van der Waals surface area contributed by atoms with Gasteiger partial charge in [0.2, 0.25) is 0 Å². The minimum atomic E-state index is 0.556. The number of hydrogen-bond donors (Lipinski definition) is 1. The van der Waals surface area contributed by atoms with Crippen LogP contribution < -0.4 is 5.43 Å². The zero-order valence-corrected chi connectivity index (χ0v) is 9.82. The van der Waals surface area contributed by atoms with Gasteiger partial charge >= 0.3 is 0 Å². The van der Waals surface area contributed by atoms with Gasteiger partial charge in [0.15, 0.2) is 0 Å². The van der Waals surface area contributed by atoms with Crippen molar-refractivity contribution in [2.45, 2.75) is 19.3 Å². The zero-order valence-electron chi connectivity index (χ0n) is 9.07. The topological polar surface area (TPSA) is 24.4 Å². The average Bonchev–Trinajstić information content (AvgIpc) is 2.33. The number of nitrogens with zero attached hydrogens (tertiary/aromatic N) is 1. The number of halogens is 1. The van der Waals surface area contributed by atoms with Gasteiger partial charge in [0.05, 0.1) is 10.7 Å². The molecule has 84 valence electrons. The Labute approximate surface area is 101 Å². The first-order valence-corrected chi connectivity index (χ1v) is 5.93. The molecular formula is C13H15ClN2. The summed E-state index contributed by atoms with van der Waals surface area (Å²) in [6.07, 6.45) is 9.86. The van der Waals surface area contributed by atoms with E-state index in [4.69, 9.17) is 11.6 Å². The van der Waals surface area contributed by atoms with E-state index in [2.05, 4.69) is 22.7 Å². The second kappa shape index (κ2) is 5.71. The molecule has 1 atom stereocenters. The van der Waals surface area contributed by atoms with Gasteiger partial charge < -0.3 is 0 Å². The highest BCUT2D eigenvalue weighted by molar-refractivity contribution is 6.33. The average molecular weight is 235 g/mol. The normalized spacial score (nSPS) is 20.2. The molecule has 1 N–H and O–H groups in total. The SMILES string of the molecule is Clc1ccccc1N/N=C\[C@H]1CC=CCC1. The van der Waals surface area contributed by atoms with E-state index in [1.807, 2.05) is 30.5 Å². The third-order valence-electron chi connectivity index (χ3n) is 2.65. The van der Waals surface area contributed by atoms with E-state index in [0.717, 1.165) is 18.5 Å². The van der Waals surface area contributed by atoms with Crippen molar-refractivity contribution in [3.8, 4) is 0 Å². The molecule has 0 heterocycles. The number of allylic oxidation sites excluding steroid dienone is 2. The third-order valence-corrected chi connectivity index (χ3v) is 2.98. The van der Waals surface area contributed by atoms with E-state index in [1.54, 1.807) is 0 Å². The van der Waals surface area contributed by atoms with Crippen LogP contribution in [0.1, 0.15) is 19.3 Å². The van der Waals surface area contributed by atoms with Gasteiger partial charge in [-0.25, -0.2) is 0 Å². The van der Waals surface area contributed by atoms with Gasteiger partial charge in [0.25, 0.3) is 0 Å². The highest BCUT2D eigenvalue weighted by Crippen LogP contribution is 2.20. The van der Waals surface area contributed by atoms with Crippen LogP contribution in [0.2, 0.25) is 5.02 Å². The number of nitrogens with one attached hydrogen (secondary N) is 1. The molecule has 0 aromatic heterocycles. The molecular weight excluding hydrogens is 220 g/mol. The summed E-state index contributed by atoms with van der Waals surface area (Å²) in [4.78, 5) is 0. The molecule has 0 bridgehead atoms. The van der Waals surface area contributed by atoms with E-state index >= 15 is 0 Å². The lowest BCUT2D eigenvalue weighted by atomic mass is 9.96. The summed E-state index contributed by atoms with van der Waals surface area (Å²) in [7, 11) is 0. The van der Waals surface area contributed by atoms with E-state index in [1.165, 1.54) is 6.42 Å². The first-order valence-electron chi connectivity index (χ1n) is 5.55. The zero-order chi connectivity index (χ0) is 11.2. The van der Waals surface area contributed by atoms with Gasteiger partial charge in [0.1, 0.15) is 0 Å². The van der Waals surface area contributed by atoms with Gasteiger partial charge in [-0.3, -0.25) is 5.43 Å². The standard InChI is InChI=1S/C13H15ClN2/c14-12-8-4-5-9-13(12)16-15-10-11-6-2-1-3-7-11/h1-2,4-5,8-11,16H,3,6-7H2/b15-10-/t11-/m0/s1. The molecule has 0 aliphatic heterocycles. The van der Waals surface area contributed by atoms with Crippen LogP contribution in [0.5, 0.6) is 0 Å². The molecule has 0 spiro atoms. The Morgan fingerprint density at radius 1 is 1.31 bits per heavy atom. The van der Waals surface area contributed by atoms with Crippen LogP contribution in [0.15, 0.2) is 41.5 Å². The van der Waals surface area contributed by atoms with Crippen LogP contribution in [-0.4, -0.2) is 6.21 Å². The van der Waals surface area contributed by atoms with Gasteiger partial charge in [-0.2, -0.15) is 5.10 Å². The lowest BCUT2D eigenvalue weighted by molar-refractivity contribution is 0.627. The molecule has 0 saturated heterocycles. The molecule has 1 aliphatic carbocycles. The quantitative estimate of drug-likeness (QED) is 0.475. The van der Waals surface area contributed by atoms with Crippen molar-refractivity contribution in [3.63, 3.8) is 0 Å². The first kappa shape index (κ1) is 11.2. The van der Waals surface area contributed by atoms with Gasteiger partial charge in [0, 0.05) is 6.21 Å². The number of hydrogen-bond acceptors (Lipinski definition) is 2. The fourth-order valence-corrected chi connectivity index (χ4v) is 1.89. The number of hydrazone groups is 1. The van der Waals surface area contributed by atoms with Crippen molar-refractivity contribution in [1.29, 1.82) is 0 Å². The molecule has 0 unspecified atom stereocenters. The number of benzene rings is 1. The van der Waals surface area contributed by atoms with Crippen molar-refractivity contribution >= 4 is 23.5 Å². The molecule has 2 nitrogen and oxygen atoms in total. The maximum atomic E-state index is 6.00. The largest absolute Gasteiger partial charge is 0.277 e. The molecule has 3 heteroatoms. The molecule has 16 heavy (non-hydrogen) atoms. The number of para-hydroxylation sites is 1. The van der Waals surface area contributed by atoms with E-state index < -0.39 is 0 Å². The summed E-state index contributed by atoms with van der Waals surface area (Å²) < 4.78 is 0. The summed E-state index contributed by atoms with van der Waals surface area (Å²) in [5.41, 5.74) is 3.83. The fraction of sp³-hybridized carbons (Fsp3) is 0.308. The van der Waals surface area contributed by atoms with Crippen LogP contribution in [0.4, 0.5) is 5.69 Å². The van der Waals surface area contributed by atoms with Crippen molar-refractivity contribution in [2.75, 3.05) is 5.43 Å². The molecule has 2 rings (SSSR count). The minimum Gasteiger partial charge on any atom is -0.277 e. The highest BCUT2D eigenvalue weighted by atomic mass is 35.5. The Kier molecular flexibility index (Phi) is 4.00. The van der Waals surface area contributed by atoms with Crippen LogP contribution in [0, 0.1) is 5.92 Å².